The van der Waals surface area contributed by atoms with Gasteiger partial charge in [0.1, 0.15) is 6.07 Å². The highest BCUT2D eigenvalue weighted by molar-refractivity contribution is 6.32. The molecule has 1 aliphatic heterocycles. The number of hydrogen-bond acceptors (Lipinski definition) is 3. The molecular formula is C14H18ClN3. The minimum atomic E-state index is 0.548. The van der Waals surface area contributed by atoms with Crippen molar-refractivity contribution in [1.29, 1.82) is 5.26 Å². The number of nitrogens with one attached hydrogen (secondary N) is 1. The molecule has 0 saturated carbocycles. The zero-order chi connectivity index (χ0) is 13.0. The summed E-state index contributed by atoms with van der Waals surface area (Å²) in [5.74, 6) is 0.746. The third-order valence-corrected chi connectivity index (χ3v) is 3.87. The predicted octanol–water partition coefficient (Wildman–Crippen LogP) is 2.65. The molecule has 2 rings (SSSR count). The summed E-state index contributed by atoms with van der Waals surface area (Å²) < 4.78 is 0. The van der Waals surface area contributed by atoms with Crippen LogP contribution in [-0.2, 0) is 0 Å². The van der Waals surface area contributed by atoms with Crippen molar-refractivity contribution in [2.45, 2.75) is 12.8 Å². The van der Waals surface area contributed by atoms with Gasteiger partial charge < -0.3 is 10.2 Å². The minimum absolute atomic E-state index is 0.548. The van der Waals surface area contributed by atoms with Crippen LogP contribution in [0.15, 0.2) is 18.2 Å². The van der Waals surface area contributed by atoms with E-state index in [1.165, 1.54) is 0 Å². The van der Waals surface area contributed by atoms with E-state index in [9.17, 15) is 5.26 Å². The van der Waals surface area contributed by atoms with Crippen LogP contribution in [0.3, 0.4) is 0 Å². The van der Waals surface area contributed by atoms with E-state index in [-0.39, 0.29) is 0 Å². The summed E-state index contributed by atoms with van der Waals surface area (Å²) in [6.07, 6.45) is 2.33. The van der Waals surface area contributed by atoms with Crippen LogP contribution in [0.4, 0.5) is 5.69 Å². The van der Waals surface area contributed by atoms with E-state index in [1.807, 2.05) is 19.2 Å². The Balaban J connectivity index is 2.10. The highest BCUT2D eigenvalue weighted by Crippen LogP contribution is 2.29. The lowest BCUT2D eigenvalue weighted by atomic mass is 9.96. The molecule has 1 saturated heterocycles. The molecule has 1 aliphatic rings. The number of piperidine rings is 1. The molecule has 0 spiro atoms. The quantitative estimate of drug-likeness (QED) is 0.911. The molecule has 3 nitrogen and oxygen atoms in total. The fourth-order valence-corrected chi connectivity index (χ4v) is 2.77. The predicted molar refractivity (Wildman–Crippen MR) is 75.0 cm³/mol. The maximum atomic E-state index is 9.20. The molecular weight excluding hydrogens is 246 g/mol. The summed E-state index contributed by atoms with van der Waals surface area (Å²) in [6.45, 7) is 3.08. The second-order valence-corrected chi connectivity index (χ2v) is 5.14. The Bertz CT molecular complexity index is 445. The Morgan fingerprint density at radius 1 is 1.44 bits per heavy atom. The van der Waals surface area contributed by atoms with Crippen molar-refractivity contribution in [3.63, 3.8) is 0 Å². The molecule has 18 heavy (non-hydrogen) atoms. The highest BCUT2D eigenvalue weighted by Gasteiger charge is 2.21. The van der Waals surface area contributed by atoms with Gasteiger partial charge in [-0.3, -0.25) is 0 Å². The number of rotatable bonds is 3. The topological polar surface area (TPSA) is 39.1 Å². The smallest absolute Gasteiger partial charge is 0.103 e. The van der Waals surface area contributed by atoms with Crippen molar-refractivity contribution >= 4 is 17.3 Å². The Kier molecular flexibility index (Phi) is 4.46. The lowest BCUT2D eigenvalue weighted by Crippen LogP contribution is -2.37. The fourth-order valence-electron chi connectivity index (χ4n) is 2.55. The molecule has 0 radical (unpaired) electrons. The van der Waals surface area contributed by atoms with E-state index < -0.39 is 0 Å². The van der Waals surface area contributed by atoms with Crippen LogP contribution in [0.1, 0.15) is 18.4 Å². The summed E-state index contributed by atoms with van der Waals surface area (Å²) in [5.41, 5.74) is 1.58. The van der Waals surface area contributed by atoms with Crippen molar-refractivity contribution < 1.29 is 0 Å². The number of nitrogens with zero attached hydrogens (tertiary/aromatic N) is 2. The highest BCUT2D eigenvalue weighted by atomic mass is 35.5. The van der Waals surface area contributed by atoms with Gasteiger partial charge in [-0.05, 0) is 44.5 Å². The minimum Gasteiger partial charge on any atom is -0.370 e. The maximum Gasteiger partial charge on any atom is 0.103 e. The summed E-state index contributed by atoms with van der Waals surface area (Å²) in [7, 11) is 2.00. The molecule has 4 heteroatoms. The first-order chi connectivity index (χ1) is 8.76. The van der Waals surface area contributed by atoms with E-state index in [4.69, 9.17) is 11.6 Å². The SMILES string of the molecule is CNCC1CCN(c2cccc(Cl)c2C#N)CC1. The van der Waals surface area contributed by atoms with Gasteiger partial charge in [-0.1, -0.05) is 17.7 Å². The zero-order valence-electron chi connectivity index (χ0n) is 10.6. The van der Waals surface area contributed by atoms with Gasteiger partial charge in [-0.2, -0.15) is 5.26 Å². The van der Waals surface area contributed by atoms with Crippen LogP contribution in [0.5, 0.6) is 0 Å². The van der Waals surface area contributed by atoms with Gasteiger partial charge in [0.05, 0.1) is 16.3 Å². The number of halogens is 1. The summed E-state index contributed by atoms with van der Waals surface area (Å²) in [6, 6.07) is 7.89. The van der Waals surface area contributed by atoms with Gasteiger partial charge in [-0.15, -0.1) is 0 Å². The second-order valence-electron chi connectivity index (χ2n) is 4.73. The first-order valence-electron chi connectivity index (χ1n) is 6.34. The van der Waals surface area contributed by atoms with Gasteiger partial charge in [0.25, 0.3) is 0 Å². The summed E-state index contributed by atoms with van der Waals surface area (Å²) >= 11 is 6.07. The molecule has 1 aromatic rings. The Hall–Kier alpha value is -1.24. The van der Waals surface area contributed by atoms with Crippen molar-refractivity contribution in [3.05, 3.63) is 28.8 Å². The van der Waals surface area contributed by atoms with Gasteiger partial charge in [0.2, 0.25) is 0 Å². The van der Waals surface area contributed by atoms with Crippen LogP contribution in [-0.4, -0.2) is 26.7 Å². The number of hydrogen-bond donors (Lipinski definition) is 1. The molecule has 0 aromatic heterocycles. The van der Waals surface area contributed by atoms with Crippen LogP contribution in [0, 0.1) is 17.2 Å². The van der Waals surface area contributed by atoms with Gasteiger partial charge in [-0.25, -0.2) is 0 Å². The van der Waals surface area contributed by atoms with E-state index in [1.54, 1.807) is 6.07 Å². The Morgan fingerprint density at radius 2 is 2.17 bits per heavy atom. The monoisotopic (exact) mass is 263 g/mol. The first kappa shape index (κ1) is 13.2. The fraction of sp³-hybridized carbons (Fsp3) is 0.500. The van der Waals surface area contributed by atoms with Gasteiger partial charge in [0.15, 0.2) is 0 Å². The van der Waals surface area contributed by atoms with Crippen LogP contribution < -0.4 is 10.2 Å². The van der Waals surface area contributed by atoms with E-state index in [0.29, 0.717) is 10.6 Å². The standard InChI is InChI=1S/C14H18ClN3/c1-17-10-11-5-7-18(8-6-11)14-4-2-3-13(15)12(14)9-16/h2-4,11,17H,5-8,10H2,1H3. The van der Waals surface area contributed by atoms with Crippen molar-refractivity contribution in [2.24, 2.45) is 5.92 Å². The average Bonchev–Trinajstić information content (AvgIpc) is 2.40. The van der Waals surface area contributed by atoms with E-state index in [2.05, 4.69) is 16.3 Å². The van der Waals surface area contributed by atoms with Gasteiger partial charge >= 0.3 is 0 Å². The zero-order valence-corrected chi connectivity index (χ0v) is 11.4. The molecule has 0 amide bonds. The number of anilines is 1. The van der Waals surface area contributed by atoms with Gasteiger partial charge in [0, 0.05) is 13.1 Å². The molecule has 0 aliphatic carbocycles. The molecule has 1 N–H and O–H groups in total. The lowest BCUT2D eigenvalue weighted by Gasteiger charge is -2.34. The molecule has 96 valence electrons. The summed E-state index contributed by atoms with van der Waals surface area (Å²) in [5, 5.41) is 13.0. The Labute approximate surface area is 113 Å². The molecule has 1 heterocycles. The van der Waals surface area contributed by atoms with Crippen molar-refractivity contribution in [2.75, 3.05) is 31.6 Å². The van der Waals surface area contributed by atoms with Crippen molar-refractivity contribution in [1.82, 2.24) is 5.32 Å². The largest absolute Gasteiger partial charge is 0.370 e. The van der Waals surface area contributed by atoms with E-state index in [0.717, 1.165) is 44.1 Å². The number of benzene rings is 1. The van der Waals surface area contributed by atoms with Crippen molar-refractivity contribution in [3.8, 4) is 6.07 Å². The molecule has 0 atom stereocenters. The van der Waals surface area contributed by atoms with E-state index >= 15 is 0 Å². The summed E-state index contributed by atoms with van der Waals surface area (Å²) in [4.78, 5) is 2.27. The second kappa shape index (κ2) is 6.08. The van der Waals surface area contributed by atoms with Crippen LogP contribution >= 0.6 is 11.6 Å². The van der Waals surface area contributed by atoms with Crippen LogP contribution in [0.2, 0.25) is 5.02 Å². The first-order valence-corrected chi connectivity index (χ1v) is 6.72. The lowest BCUT2D eigenvalue weighted by molar-refractivity contribution is 0.393. The average molecular weight is 264 g/mol. The normalized spacial score (nSPS) is 16.6. The molecule has 0 bridgehead atoms. The molecule has 1 fully saturated rings. The maximum absolute atomic E-state index is 9.20. The third-order valence-electron chi connectivity index (χ3n) is 3.55. The molecule has 0 unspecified atom stereocenters. The number of nitriles is 1. The molecule has 1 aromatic carbocycles. The Morgan fingerprint density at radius 3 is 2.78 bits per heavy atom. The van der Waals surface area contributed by atoms with Crippen LogP contribution in [0.25, 0.3) is 0 Å². The third kappa shape index (κ3) is 2.77.